The Hall–Kier alpha value is -0.210. The highest BCUT2D eigenvalue weighted by molar-refractivity contribution is 9.10. The third-order valence-corrected chi connectivity index (χ3v) is 5.12. The van der Waals surface area contributed by atoms with E-state index in [1.807, 2.05) is 13.0 Å². The number of alkyl halides is 1. The fourth-order valence-corrected chi connectivity index (χ4v) is 3.74. The normalized spacial score (nSPS) is 18.9. The van der Waals surface area contributed by atoms with Crippen LogP contribution in [0.4, 0.5) is 0 Å². The zero-order valence-corrected chi connectivity index (χ0v) is 13.8. The maximum absolute atomic E-state index is 6.70. The SMILES string of the molecule is CCOc1ccc(C(Cl)C2CCCCCC2)cc1Br. The third-order valence-electron chi connectivity index (χ3n) is 3.89. The van der Waals surface area contributed by atoms with Gasteiger partial charge in [0, 0.05) is 0 Å². The van der Waals surface area contributed by atoms with Crippen molar-refractivity contribution in [3.05, 3.63) is 28.2 Å². The van der Waals surface area contributed by atoms with E-state index in [9.17, 15) is 0 Å². The molecule has 0 saturated heterocycles. The minimum Gasteiger partial charge on any atom is -0.493 e. The summed E-state index contributed by atoms with van der Waals surface area (Å²) in [4.78, 5) is 0. The van der Waals surface area contributed by atoms with Crippen molar-refractivity contribution in [2.24, 2.45) is 5.92 Å². The van der Waals surface area contributed by atoms with E-state index >= 15 is 0 Å². The Morgan fingerprint density at radius 2 is 1.95 bits per heavy atom. The molecule has 0 aromatic heterocycles. The highest BCUT2D eigenvalue weighted by atomic mass is 79.9. The summed E-state index contributed by atoms with van der Waals surface area (Å²) in [7, 11) is 0. The summed E-state index contributed by atoms with van der Waals surface area (Å²) in [6.07, 6.45) is 7.91. The van der Waals surface area contributed by atoms with E-state index in [4.69, 9.17) is 16.3 Å². The van der Waals surface area contributed by atoms with Crippen molar-refractivity contribution in [1.82, 2.24) is 0 Å². The van der Waals surface area contributed by atoms with Crippen LogP contribution in [0.2, 0.25) is 0 Å². The molecule has 1 atom stereocenters. The Morgan fingerprint density at radius 3 is 2.53 bits per heavy atom. The third kappa shape index (κ3) is 4.13. The first kappa shape index (κ1) is 15.2. The summed E-state index contributed by atoms with van der Waals surface area (Å²) < 4.78 is 6.55. The van der Waals surface area contributed by atoms with Crippen LogP contribution in [0.5, 0.6) is 5.75 Å². The average Bonchev–Trinajstić information content (AvgIpc) is 2.69. The van der Waals surface area contributed by atoms with Gasteiger partial charge in [0.1, 0.15) is 5.75 Å². The lowest BCUT2D eigenvalue weighted by Gasteiger charge is -2.21. The molecule has 106 valence electrons. The maximum atomic E-state index is 6.70. The minimum absolute atomic E-state index is 0.130. The van der Waals surface area contributed by atoms with Gasteiger partial charge in [-0.1, -0.05) is 31.7 Å². The summed E-state index contributed by atoms with van der Waals surface area (Å²) in [6.45, 7) is 2.68. The van der Waals surface area contributed by atoms with Gasteiger partial charge in [0.2, 0.25) is 0 Å². The van der Waals surface area contributed by atoms with E-state index in [1.165, 1.54) is 44.1 Å². The number of halogens is 2. The van der Waals surface area contributed by atoms with Gasteiger partial charge in [0.15, 0.2) is 0 Å². The predicted molar refractivity (Wildman–Crippen MR) is 85.1 cm³/mol. The fourth-order valence-electron chi connectivity index (χ4n) is 2.84. The van der Waals surface area contributed by atoms with Crippen molar-refractivity contribution in [3.8, 4) is 5.75 Å². The van der Waals surface area contributed by atoms with Crippen LogP contribution in [-0.2, 0) is 0 Å². The first-order valence-corrected chi connectivity index (χ1v) is 8.51. The molecule has 0 radical (unpaired) electrons. The van der Waals surface area contributed by atoms with E-state index in [-0.39, 0.29) is 5.38 Å². The molecule has 1 aromatic rings. The Balaban J connectivity index is 2.09. The number of hydrogen-bond donors (Lipinski definition) is 0. The van der Waals surface area contributed by atoms with Crippen molar-refractivity contribution in [2.45, 2.75) is 50.8 Å². The molecule has 0 spiro atoms. The molecular weight excluding hydrogens is 324 g/mol. The lowest BCUT2D eigenvalue weighted by Crippen LogP contribution is -2.07. The smallest absolute Gasteiger partial charge is 0.133 e. The zero-order valence-electron chi connectivity index (χ0n) is 11.5. The van der Waals surface area contributed by atoms with E-state index in [1.54, 1.807) is 0 Å². The number of benzene rings is 1. The molecule has 1 unspecified atom stereocenters. The molecule has 0 bridgehead atoms. The zero-order chi connectivity index (χ0) is 13.7. The molecule has 1 saturated carbocycles. The van der Waals surface area contributed by atoms with Crippen LogP contribution in [0.1, 0.15) is 56.4 Å². The van der Waals surface area contributed by atoms with Gasteiger partial charge in [0.05, 0.1) is 16.5 Å². The van der Waals surface area contributed by atoms with Crippen LogP contribution in [-0.4, -0.2) is 6.61 Å². The molecule has 0 N–H and O–H groups in total. The summed E-state index contributed by atoms with van der Waals surface area (Å²) in [5.74, 6) is 1.52. The van der Waals surface area contributed by atoms with Crippen molar-refractivity contribution in [1.29, 1.82) is 0 Å². The van der Waals surface area contributed by atoms with E-state index < -0.39 is 0 Å². The summed E-state index contributed by atoms with van der Waals surface area (Å²) in [6, 6.07) is 6.25. The number of hydrogen-bond acceptors (Lipinski definition) is 1. The molecular formula is C16H22BrClO. The van der Waals surface area contributed by atoms with E-state index in [0.29, 0.717) is 12.5 Å². The second-order valence-electron chi connectivity index (χ2n) is 5.28. The number of ether oxygens (including phenoxy) is 1. The first-order chi connectivity index (χ1) is 9.22. The largest absolute Gasteiger partial charge is 0.493 e. The van der Waals surface area contributed by atoms with Crippen LogP contribution in [0.15, 0.2) is 22.7 Å². The van der Waals surface area contributed by atoms with Crippen LogP contribution < -0.4 is 4.74 Å². The van der Waals surface area contributed by atoms with Crippen LogP contribution >= 0.6 is 27.5 Å². The molecule has 0 aliphatic heterocycles. The summed E-state index contributed by atoms with van der Waals surface area (Å²) in [5.41, 5.74) is 1.21. The monoisotopic (exact) mass is 344 g/mol. The minimum atomic E-state index is 0.130. The van der Waals surface area contributed by atoms with Gasteiger partial charge in [0.25, 0.3) is 0 Å². The van der Waals surface area contributed by atoms with Crippen LogP contribution in [0.25, 0.3) is 0 Å². The van der Waals surface area contributed by atoms with Crippen molar-refractivity contribution < 1.29 is 4.74 Å². The second kappa shape index (κ2) is 7.54. The quantitative estimate of drug-likeness (QED) is 0.473. The second-order valence-corrected chi connectivity index (χ2v) is 6.60. The molecule has 1 aliphatic carbocycles. The topological polar surface area (TPSA) is 9.23 Å². The predicted octanol–water partition coefficient (Wildman–Crippen LogP) is 6.10. The van der Waals surface area contributed by atoms with Gasteiger partial charge in [-0.2, -0.15) is 0 Å². The molecule has 1 aromatic carbocycles. The lowest BCUT2D eigenvalue weighted by molar-refractivity contribution is 0.338. The Kier molecular flexibility index (Phi) is 6.03. The Bertz CT molecular complexity index is 400. The average molecular weight is 346 g/mol. The molecule has 1 aliphatic rings. The standard InChI is InChI=1S/C16H22BrClO/c1-2-19-15-10-9-13(11-14(15)17)16(18)12-7-5-3-4-6-8-12/h9-12,16H,2-8H2,1H3. The highest BCUT2D eigenvalue weighted by Gasteiger charge is 2.22. The first-order valence-electron chi connectivity index (χ1n) is 7.28. The van der Waals surface area contributed by atoms with Crippen LogP contribution in [0, 0.1) is 5.92 Å². The molecule has 1 nitrogen and oxygen atoms in total. The van der Waals surface area contributed by atoms with Gasteiger partial charge < -0.3 is 4.74 Å². The van der Waals surface area contributed by atoms with Crippen molar-refractivity contribution in [3.63, 3.8) is 0 Å². The van der Waals surface area contributed by atoms with Gasteiger partial charge in [-0.05, 0) is 59.3 Å². The van der Waals surface area contributed by atoms with E-state index in [2.05, 4.69) is 28.1 Å². The van der Waals surface area contributed by atoms with Gasteiger partial charge in [-0.25, -0.2) is 0 Å². The van der Waals surface area contributed by atoms with Gasteiger partial charge in [-0.3, -0.25) is 0 Å². The molecule has 1 fully saturated rings. The molecule has 3 heteroatoms. The van der Waals surface area contributed by atoms with Gasteiger partial charge >= 0.3 is 0 Å². The maximum Gasteiger partial charge on any atom is 0.133 e. The molecule has 2 rings (SSSR count). The van der Waals surface area contributed by atoms with Crippen molar-refractivity contribution in [2.75, 3.05) is 6.61 Å². The molecule has 19 heavy (non-hydrogen) atoms. The fraction of sp³-hybridized carbons (Fsp3) is 0.625. The van der Waals surface area contributed by atoms with Crippen LogP contribution in [0.3, 0.4) is 0 Å². The highest BCUT2D eigenvalue weighted by Crippen LogP contribution is 2.40. The lowest BCUT2D eigenvalue weighted by atomic mass is 9.92. The Morgan fingerprint density at radius 1 is 1.26 bits per heavy atom. The number of rotatable bonds is 4. The molecule has 0 heterocycles. The summed E-state index contributed by atoms with van der Waals surface area (Å²) >= 11 is 10.3. The van der Waals surface area contributed by atoms with Gasteiger partial charge in [-0.15, -0.1) is 11.6 Å². The Labute approximate surface area is 129 Å². The van der Waals surface area contributed by atoms with E-state index in [0.717, 1.165) is 10.2 Å². The molecule has 0 amide bonds. The summed E-state index contributed by atoms with van der Waals surface area (Å²) in [5, 5.41) is 0.130. The van der Waals surface area contributed by atoms with Crippen molar-refractivity contribution >= 4 is 27.5 Å².